The third kappa shape index (κ3) is 3.80. The van der Waals surface area contributed by atoms with Crippen LogP contribution in [0.4, 0.5) is 5.13 Å². The second kappa shape index (κ2) is 7.27. The first-order chi connectivity index (χ1) is 11.7. The molecule has 0 spiro atoms. The molecule has 7 heteroatoms. The number of methoxy groups -OCH3 is 1. The van der Waals surface area contributed by atoms with E-state index in [-0.39, 0.29) is 18.3 Å². The maximum atomic E-state index is 12.1. The molecule has 2 N–H and O–H groups in total. The third-order valence-electron chi connectivity index (χ3n) is 3.65. The van der Waals surface area contributed by atoms with Crippen LogP contribution in [0.25, 0.3) is 10.9 Å². The number of anilines is 1. The zero-order valence-corrected chi connectivity index (χ0v) is 14.0. The number of amides is 1. The molecule has 0 aliphatic heterocycles. The number of nitrogens with one attached hydrogen (secondary N) is 2. The molecule has 3 rings (SSSR count). The Morgan fingerprint density at radius 3 is 3.00 bits per heavy atom. The number of ether oxygens (including phenoxy) is 1. The van der Waals surface area contributed by atoms with Gasteiger partial charge in [0.2, 0.25) is 5.91 Å². The minimum absolute atomic E-state index is 0.0979. The molecule has 0 saturated heterocycles. The Hall–Kier alpha value is -2.67. The largest absolute Gasteiger partial charge is 0.469 e. The summed E-state index contributed by atoms with van der Waals surface area (Å²) in [5, 5.41) is 6.15. The fourth-order valence-corrected chi connectivity index (χ4v) is 3.16. The van der Waals surface area contributed by atoms with Crippen molar-refractivity contribution in [2.45, 2.75) is 19.3 Å². The molecule has 24 heavy (non-hydrogen) atoms. The maximum Gasteiger partial charge on any atom is 0.311 e. The van der Waals surface area contributed by atoms with Crippen LogP contribution in [0.2, 0.25) is 0 Å². The normalized spacial score (nSPS) is 10.7. The van der Waals surface area contributed by atoms with E-state index in [1.807, 2.05) is 30.5 Å². The predicted octanol–water partition coefficient (Wildman–Crippen LogP) is 2.91. The van der Waals surface area contributed by atoms with Crippen molar-refractivity contribution in [3.8, 4) is 0 Å². The van der Waals surface area contributed by atoms with Crippen molar-refractivity contribution in [2.75, 3.05) is 12.4 Å². The number of benzene rings is 1. The SMILES string of the molecule is COC(=O)Cc1csc(NC(=O)CCc2c[nH]c3ccccc23)n1. The molecule has 0 radical (unpaired) electrons. The Bertz CT molecular complexity index is 869. The topological polar surface area (TPSA) is 84.1 Å². The monoisotopic (exact) mass is 343 g/mol. The van der Waals surface area contributed by atoms with Gasteiger partial charge in [-0.1, -0.05) is 18.2 Å². The van der Waals surface area contributed by atoms with Crippen LogP contribution in [0.1, 0.15) is 17.7 Å². The summed E-state index contributed by atoms with van der Waals surface area (Å²) >= 11 is 1.30. The number of fused-ring (bicyclic) bond motifs is 1. The van der Waals surface area contributed by atoms with Crippen molar-refractivity contribution in [3.63, 3.8) is 0 Å². The minimum atomic E-state index is -0.350. The van der Waals surface area contributed by atoms with Crippen LogP contribution in [0.3, 0.4) is 0 Å². The van der Waals surface area contributed by atoms with E-state index >= 15 is 0 Å². The first-order valence-electron chi connectivity index (χ1n) is 7.52. The minimum Gasteiger partial charge on any atom is -0.469 e. The number of rotatable bonds is 6. The number of hydrogen-bond acceptors (Lipinski definition) is 5. The zero-order chi connectivity index (χ0) is 16.9. The molecule has 0 atom stereocenters. The first-order valence-corrected chi connectivity index (χ1v) is 8.39. The lowest BCUT2D eigenvalue weighted by Crippen LogP contribution is -2.12. The molecule has 0 saturated carbocycles. The summed E-state index contributed by atoms with van der Waals surface area (Å²) in [7, 11) is 1.34. The standard InChI is InChI=1S/C17H17N3O3S/c1-23-16(22)8-12-10-24-17(19-12)20-15(21)7-6-11-9-18-14-5-3-2-4-13(11)14/h2-5,9-10,18H,6-8H2,1H3,(H,19,20,21). The van der Waals surface area contributed by atoms with Crippen molar-refractivity contribution < 1.29 is 14.3 Å². The molecule has 0 bridgehead atoms. The van der Waals surface area contributed by atoms with Gasteiger partial charge in [0.1, 0.15) is 0 Å². The number of aromatic nitrogens is 2. The van der Waals surface area contributed by atoms with Gasteiger partial charge in [0.25, 0.3) is 0 Å². The van der Waals surface area contributed by atoms with Gasteiger partial charge in [-0.05, 0) is 18.1 Å². The van der Waals surface area contributed by atoms with Gasteiger partial charge in [0, 0.05) is 28.9 Å². The highest BCUT2D eigenvalue weighted by atomic mass is 32.1. The Labute approximate surface area is 142 Å². The number of carbonyl (C=O) groups excluding carboxylic acids is 2. The third-order valence-corrected chi connectivity index (χ3v) is 4.45. The van der Waals surface area contributed by atoms with Crippen molar-refractivity contribution in [1.82, 2.24) is 9.97 Å². The molecule has 2 aromatic heterocycles. The van der Waals surface area contributed by atoms with Crippen LogP contribution < -0.4 is 5.32 Å². The number of nitrogens with zero attached hydrogens (tertiary/aromatic N) is 1. The molecule has 1 amide bonds. The number of esters is 1. The Balaban J connectivity index is 1.55. The number of hydrogen-bond donors (Lipinski definition) is 2. The van der Waals surface area contributed by atoms with E-state index in [9.17, 15) is 9.59 Å². The summed E-state index contributed by atoms with van der Waals surface area (Å²) in [4.78, 5) is 30.7. The second-order valence-electron chi connectivity index (χ2n) is 5.30. The van der Waals surface area contributed by atoms with Crippen molar-refractivity contribution in [3.05, 3.63) is 47.1 Å². The van der Waals surface area contributed by atoms with Gasteiger partial charge < -0.3 is 15.0 Å². The van der Waals surface area contributed by atoms with E-state index in [1.54, 1.807) is 5.38 Å². The van der Waals surface area contributed by atoms with Crippen LogP contribution >= 0.6 is 11.3 Å². The second-order valence-corrected chi connectivity index (χ2v) is 6.16. The van der Waals surface area contributed by atoms with E-state index in [4.69, 9.17) is 0 Å². The zero-order valence-electron chi connectivity index (χ0n) is 13.2. The number of H-pyrrole nitrogens is 1. The molecular formula is C17H17N3O3S. The lowest BCUT2D eigenvalue weighted by molar-refractivity contribution is -0.139. The molecule has 6 nitrogen and oxygen atoms in total. The highest BCUT2D eigenvalue weighted by Gasteiger charge is 2.11. The smallest absolute Gasteiger partial charge is 0.311 e. The van der Waals surface area contributed by atoms with Crippen LogP contribution in [-0.4, -0.2) is 29.0 Å². The molecule has 0 fully saturated rings. The van der Waals surface area contributed by atoms with E-state index < -0.39 is 0 Å². The summed E-state index contributed by atoms with van der Waals surface area (Å²) < 4.78 is 4.59. The summed E-state index contributed by atoms with van der Waals surface area (Å²) in [6.07, 6.45) is 3.07. The van der Waals surface area contributed by atoms with Gasteiger partial charge in [-0.15, -0.1) is 11.3 Å². The van der Waals surface area contributed by atoms with E-state index in [0.717, 1.165) is 16.5 Å². The van der Waals surface area contributed by atoms with Gasteiger partial charge in [-0.2, -0.15) is 0 Å². The molecular weight excluding hydrogens is 326 g/mol. The summed E-state index contributed by atoms with van der Waals surface area (Å²) in [6, 6.07) is 8.01. The van der Waals surface area contributed by atoms with Gasteiger partial charge in [0.05, 0.1) is 19.2 Å². The Morgan fingerprint density at radius 1 is 1.33 bits per heavy atom. The molecule has 2 heterocycles. The number of thiazole rings is 1. The number of aryl methyl sites for hydroxylation is 1. The average Bonchev–Trinajstić information content (AvgIpc) is 3.19. The number of carbonyl (C=O) groups is 2. The summed E-state index contributed by atoms with van der Waals surface area (Å²) in [6.45, 7) is 0. The van der Waals surface area contributed by atoms with E-state index in [2.05, 4.69) is 20.0 Å². The van der Waals surface area contributed by atoms with Gasteiger partial charge in [0.15, 0.2) is 5.13 Å². The number of aromatic amines is 1. The predicted molar refractivity (Wildman–Crippen MR) is 93.1 cm³/mol. The lowest BCUT2D eigenvalue weighted by Gasteiger charge is -2.01. The fraction of sp³-hybridized carbons (Fsp3) is 0.235. The van der Waals surface area contributed by atoms with Gasteiger partial charge >= 0.3 is 5.97 Å². The Morgan fingerprint density at radius 2 is 2.17 bits per heavy atom. The molecule has 3 aromatic rings. The molecule has 0 aliphatic carbocycles. The fourth-order valence-electron chi connectivity index (χ4n) is 2.43. The van der Waals surface area contributed by atoms with E-state index in [1.165, 1.54) is 18.4 Å². The van der Waals surface area contributed by atoms with Crippen molar-refractivity contribution in [1.29, 1.82) is 0 Å². The molecule has 1 aromatic carbocycles. The van der Waals surface area contributed by atoms with Gasteiger partial charge in [-0.25, -0.2) is 4.98 Å². The highest BCUT2D eigenvalue weighted by molar-refractivity contribution is 7.13. The summed E-state index contributed by atoms with van der Waals surface area (Å²) in [5.74, 6) is -0.447. The van der Waals surface area contributed by atoms with Crippen LogP contribution in [-0.2, 0) is 27.2 Å². The van der Waals surface area contributed by atoms with Crippen LogP contribution in [0, 0.1) is 0 Å². The maximum absolute atomic E-state index is 12.1. The Kier molecular flexibility index (Phi) is 4.90. The quantitative estimate of drug-likeness (QED) is 0.674. The molecule has 0 aliphatic rings. The summed E-state index contributed by atoms with van der Waals surface area (Å²) in [5.41, 5.74) is 2.78. The first kappa shape index (κ1) is 16.2. The van der Waals surface area contributed by atoms with Crippen LogP contribution in [0.15, 0.2) is 35.8 Å². The highest BCUT2D eigenvalue weighted by Crippen LogP contribution is 2.20. The lowest BCUT2D eigenvalue weighted by atomic mass is 10.1. The molecule has 0 unspecified atom stereocenters. The van der Waals surface area contributed by atoms with Gasteiger partial charge in [-0.3, -0.25) is 9.59 Å². The molecule has 124 valence electrons. The van der Waals surface area contributed by atoms with Crippen LogP contribution in [0.5, 0.6) is 0 Å². The van der Waals surface area contributed by atoms with Crippen molar-refractivity contribution in [2.24, 2.45) is 0 Å². The van der Waals surface area contributed by atoms with E-state index in [0.29, 0.717) is 23.7 Å². The number of para-hydroxylation sites is 1. The average molecular weight is 343 g/mol. The van der Waals surface area contributed by atoms with Crippen molar-refractivity contribution >= 4 is 39.2 Å².